The lowest BCUT2D eigenvalue weighted by Crippen LogP contribution is -2.24. The molecule has 2 amide bonds. The fraction of sp³-hybridized carbons (Fsp3) is 0.333. The standard InChI is InChI=1S/C28H28N4O2.C2H3N/c1-4-13-29-26(33)19-7-5-18(6-8-19)16-32-17-21-14-20(9-10-22(21)27(32)34)25-23-11-12-28(2,3)15-24(23)30-31-25;1-2-3/h1,5-10,14H,11-13,15-17H2,2-3H3,(H,29,33)(H,30,31);1H3. The Labute approximate surface area is 217 Å². The van der Waals surface area contributed by atoms with Gasteiger partial charge in [0.2, 0.25) is 0 Å². The van der Waals surface area contributed by atoms with E-state index in [2.05, 4.69) is 41.3 Å². The molecule has 0 saturated heterocycles. The highest BCUT2D eigenvalue weighted by Crippen LogP contribution is 2.38. The third-order valence-corrected chi connectivity index (χ3v) is 6.86. The van der Waals surface area contributed by atoms with Gasteiger partial charge in [-0.1, -0.05) is 38.0 Å². The Bertz CT molecular complexity index is 1400. The van der Waals surface area contributed by atoms with Gasteiger partial charge in [0.15, 0.2) is 0 Å². The maximum Gasteiger partial charge on any atom is 0.254 e. The van der Waals surface area contributed by atoms with Crippen molar-refractivity contribution in [2.75, 3.05) is 6.54 Å². The summed E-state index contributed by atoms with van der Waals surface area (Å²) in [6.45, 7) is 7.28. The van der Waals surface area contributed by atoms with E-state index >= 15 is 0 Å². The van der Waals surface area contributed by atoms with Crippen molar-refractivity contribution in [3.05, 3.63) is 76.0 Å². The molecule has 2 aliphatic rings. The number of nitriles is 1. The molecule has 2 heterocycles. The highest BCUT2D eigenvalue weighted by molar-refractivity contribution is 5.99. The van der Waals surface area contributed by atoms with Crippen molar-refractivity contribution in [3.63, 3.8) is 0 Å². The summed E-state index contributed by atoms with van der Waals surface area (Å²) in [4.78, 5) is 26.9. The number of nitrogens with one attached hydrogen (secondary N) is 2. The highest BCUT2D eigenvalue weighted by atomic mass is 16.2. The second-order valence-electron chi connectivity index (χ2n) is 10.2. The fourth-order valence-electron chi connectivity index (χ4n) is 4.96. The highest BCUT2D eigenvalue weighted by Gasteiger charge is 2.31. The lowest BCUT2D eigenvalue weighted by atomic mass is 9.76. The molecule has 0 saturated carbocycles. The Kier molecular flexibility index (Phi) is 7.45. The van der Waals surface area contributed by atoms with E-state index < -0.39 is 0 Å². The zero-order valence-corrected chi connectivity index (χ0v) is 21.5. The number of aromatic amines is 1. The normalized spacial score (nSPS) is 14.9. The molecule has 1 aliphatic carbocycles. The minimum absolute atomic E-state index is 0.0307. The zero-order chi connectivity index (χ0) is 26.6. The van der Waals surface area contributed by atoms with E-state index in [4.69, 9.17) is 11.7 Å². The Hall–Kier alpha value is -4.36. The maximum atomic E-state index is 13.0. The van der Waals surface area contributed by atoms with Crippen LogP contribution in [-0.4, -0.2) is 33.5 Å². The molecule has 7 nitrogen and oxygen atoms in total. The van der Waals surface area contributed by atoms with Crippen molar-refractivity contribution in [1.82, 2.24) is 20.4 Å². The third-order valence-electron chi connectivity index (χ3n) is 6.86. The number of benzene rings is 2. The number of terminal acetylenes is 1. The minimum atomic E-state index is -0.203. The topological polar surface area (TPSA) is 102 Å². The van der Waals surface area contributed by atoms with Gasteiger partial charge >= 0.3 is 0 Å². The Morgan fingerprint density at radius 1 is 1.24 bits per heavy atom. The van der Waals surface area contributed by atoms with E-state index in [-0.39, 0.29) is 18.4 Å². The van der Waals surface area contributed by atoms with Crippen molar-refractivity contribution < 1.29 is 9.59 Å². The molecule has 1 aromatic heterocycles. The smallest absolute Gasteiger partial charge is 0.254 e. The monoisotopic (exact) mass is 493 g/mol. The molecule has 2 N–H and O–H groups in total. The first-order valence-electron chi connectivity index (χ1n) is 12.4. The van der Waals surface area contributed by atoms with Gasteiger partial charge in [-0.15, -0.1) is 6.42 Å². The van der Waals surface area contributed by atoms with E-state index in [1.807, 2.05) is 29.2 Å². The average Bonchev–Trinajstić information content (AvgIpc) is 3.42. The summed E-state index contributed by atoms with van der Waals surface area (Å²) in [7, 11) is 0. The van der Waals surface area contributed by atoms with E-state index in [0.29, 0.717) is 24.1 Å². The van der Waals surface area contributed by atoms with Gasteiger partial charge in [-0.3, -0.25) is 14.7 Å². The van der Waals surface area contributed by atoms with Crippen LogP contribution >= 0.6 is 0 Å². The molecule has 0 spiro atoms. The largest absolute Gasteiger partial charge is 0.341 e. The molecule has 0 fully saturated rings. The molecular weight excluding hydrogens is 462 g/mol. The minimum Gasteiger partial charge on any atom is -0.341 e. The Balaban J connectivity index is 0.00000102. The molecule has 0 radical (unpaired) electrons. The summed E-state index contributed by atoms with van der Waals surface area (Å²) < 4.78 is 0. The third kappa shape index (κ3) is 5.57. The van der Waals surface area contributed by atoms with Gasteiger partial charge in [0.1, 0.15) is 0 Å². The quantitative estimate of drug-likeness (QED) is 0.506. The van der Waals surface area contributed by atoms with Crippen molar-refractivity contribution in [1.29, 1.82) is 5.26 Å². The van der Waals surface area contributed by atoms with Crippen LogP contribution in [0, 0.1) is 29.1 Å². The number of nitrogens with zero attached hydrogens (tertiary/aromatic N) is 3. The van der Waals surface area contributed by atoms with Gasteiger partial charge in [0, 0.05) is 48.0 Å². The van der Waals surface area contributed by atoms with Gasteiger partial charge in [-0.05, 0) is 60.1 Å². The van der Waals surface area contributed by atoms with Crippen LogP contribution in [0.4, 0.5) is 0 Å². The molecule has 0 unspecified atom stereocenters. The molecule has 0 bridgehead atoms. The first-order valence-corrected chi connectivity index (χ1v) is 12.4. The maximum absolute atomic E-state index is 13.0. The number of aromatic nitrogens is 2. The summed E-state index contributed by atoms with van der Waals surface area (Å²) in [6, 6.07) is 15.1. The van der Waals surface area contributed by atoms with Crippen LogP contribution in [-0.2, 0) is 25.9 Å². The number of fused-ring (bicyclic) bond motifs is 2. The number of H-pyrrole nitrogens is 1. The van der Waals surface area contributed by atoms with Crippen LogP contribution in [0.5, 0.6) is 0 Å². The number of carbonyl (C=O) groups is 2. The molecule has 3 aromatic rings. The number of amides is 2. The fourth-order valence-corrected chi connectivity index (χ4v) is 4.96. The van der Waals surface area contributed by atoms with Gasteiger partial charge in [-0.25, -0.2) is 0 Å². The Morgan fingerprint density at radius 3 is 2.68 bits per heavy atom. The molecule has 1 aliphatic heterocycles. The van der Waals surface area contributed by atoms with Crippen molar-refractivity contribution in [3.8, 4) is 29.7 Å². The zero-order valence-electron chi connectivity index (χ0n) is 21.5. The molecule has 2 aromatic carbocycles. The summed E-state index contributed by atoms with van der Waals surface area (Å²) >= 11 is 0. The van der Waals surface area contributed by atoms with Gasteiger partial charge in [0.25, 0.3) is 11.8 Å². The number of hydrogen-bond acceptors (Lipinski definition) is 4. The molecular formula is C30H31N5O2. The number of rotatable bonds is 5. The lowest BCUT2D eigenvalue weighted by molar-refractivity contribution is 0.0766. The Morgan fingerprint density at radius 2 is 1.97 bits per heavy atom. The van der Waals surface area contributed by atoms with Crippen LogP contribution in [0.15, 0.2) is 42.5 Å². The first-order chi connectivity index (χ1) is 17.8. The lowest BCUT2D eigenvalue weighted by Gasteiger charge is -2.29. The summed E-state index contributed by atoms with van der Waals surface area (Å²) in [5.74, 6) is 2.22. The van der Waals surface area contributed by atoms with Crippen molar-refractivity contribution >= 4 is 11.8 Å². The van der Waals surface area contributed by atoms with Crippen LogP contribution in [0.2, 0.25) is 0 Å². The van der Waals surface area contributed by atoms with Crippen LogP contribution in [0.3, 0.4) is 0 Å². The van der Waals surface area contributed by atoms with Crippen LogP contribution in [0.25, 0.3) is 11.3 Å². The molecule has 37 heavy (non-hydrogen) atoms. The van der Waals surface area contributed by atoms with E-state index in [9.17, 15) is 9.59 Å². The van der Waals surface area contributed by atoms with Crippen LogP contribution in [0.1, 0.15) is 70.3 Å². The molecule has 188 valence electrons. The van der Waals surface area contributed by atoms with E-state index in [0.717, 1.165) is 47.2 Å². The molecule has 7 heteroatoms. The van der Waals surface area contributed by atoms with E-state index in [1.54, 1.807) is 18.2 Å². The summed E-state index contributed by atoms with van der Waals surface area (Å²) in [6.07, 6.45) is 8.37. The van der Waals surface area contributed by atoms with Crippen LogP contribution < -0.4 is 5.32 Å². The predicted molar refractivity (Wildman–Crippen MR) is 142 cm³/mol. The summed E-state index contributed by atoms with van der Waals surface area (Å²) in [5.41, 5.74) is 8.22. The predicted octanol–water partition coefficient (Wildman–Crippen LogP) is 4.64. The van der Waals surface area contributed by atoms with Gasteiger partial charge in [0.05, 0.1) is 18.3 Å². The summed E-state index contributed by atoms with van der Waals surface area (Å²) in [5, 5.41) is 17.9. The van der Waals surface area contributed by atoms with Crippen molar-refractivity contribution in [2.24, 2.45) is 5.41 Å². The molecule has 0 atom stereocenters. The first kappa shape index (κ1) is 25.7. The second-order valence-corrected chi connectivity index (χ2v) is 10.2. The average molecular weight is 494 g/mol. The number of carbonyl (C=O) groups excluding carboxylic acids is 2. The number of hydrogen-bond donors (Lipinski definition) is 2. The van der Waals surface area contributed by atoms with Gasteiger partial charge < -0.3 is 10.2 Å². The molecule has 5 rings (SSSR count). The SMILES string of the molecule is C#CCNC(=O)c1ccc(CN2Cc3cc(-c4n[nH]c5c4CCC(C)(C)C5)ccc3C2=O)cc1.CC#N. The van der Waals surface area contributed by atoms with Crippen molar-refractivity contribution in [2.45, 2.75) is 53.1 Å². The van der Waals surface area contributed by atoms with Gasteiger partial charge in [-0.2, -0.15) is 10.4 Å². The second kappa shape index (κ2) is 10.7. The van der Waals surface area contributed by atoms with E-state index in [1.165, 1.54) is 18.2 Å².